The number of nitrogens with one attached hydrogen (secondary N) is 1. The van der Waals surface area contributed by atoms with Gasteiger partial charge in [0, 0.05) is 12.6 Å². The van der Waals surface area contributed by atoms with Gasteiger partial charge in [-0.2, -0.15) is 8.78 Å². The molecule has 0 saturated carbocycles. The van der Waals surface area contributed by atoms with Gasteiger partial charge in [-0.3, -0.25) is 0 Å². The van der Waals surface area contributed by atoms with Crippen LogP contribution in [0, 0.1) is 11.6 Å². The number of ether oxygens (including phenoxy) is 1. The summed E-state index contributed by atoms with van der Waals surface area (Å²) in [6.07, 6.45) is 0. The zero-order valence-corrected chi connectivity index (χ0v) is 11.3. The fraction of sp³-hybridized carbons (Fsp3) is 0.143. The van der Waals surface area contributed by atoms with Gasteiger partial charge in [-0.25, -0.2) is 8.78 Å². The van der Waals surface area contributed by atoms with E-state index in [0.717, 1.165) is 6.07 Å². The summed E-state index contributed by atoms with van der Waals surface area (Å²) in [5.74, 6) is -1.55. The van der Waals surface area contributed by atoms with Crippen LogP contribution >= 0.6 is 11.6 Å². The lowest BCUT2D eigenvalue weighted by atomic mass is 10.2. The van der Waals surface area contributed by atoms with E-state index in [2.05, 4.69) is 10.1 Å². The van der Waals surface area contributed by atoms with E-state index in [9.17, 15) is 17.6 Å². The highest BCUT2D eigenvalue weighted by atomic mass is 35.5. The van der Waals surface area contributed by atoms with Crippen LogP contribution in [0.1, 0.15) is 5.56 Å². The van der Waals surface area contributed by atoms with Gasteiger partial charge in [-0.15, -0.1) is 0 Å². The van der Waals surface area contributed by atoms with E-state index in [0.29, 0.717) is 11.6 Å². The molecule has 0 radical (unpaired) electrons. The molecule has 0 atom stereocenters. The lowest BCUT2D eigenvalue weighted by Gasteiger charge is -2.10. The van der Waals surface area contributed by atoms with Crippen molar-refractivity contribution in [3.63, 3.8) is 0 Å². The molecule has 0 aromatic heterocycles. The number of anilines is 1. The molecule has 0 spiro atoms. The van der Waals surface area contributed by atoms with Gasteiger partial charge < -0.3 is 10.1 Å². The largest absolute Gasteiger partial charge is 0.435 e. The molecule has 2 rings (SSSR count). The maximum atomic E-state index is 13.5. The molecule has 2 nitrogen and oxygen atoms in total. The fourth-order valence-electron chi connectivity index (χ4n) is 1.69. The topological polar surface area (TPSA) is 21.3 Å². The van der Waals surface area contributed by atoms with E-state index >= 15 is 0 Å². The van der Waals surface area contributed by atoms with Gasteiger partial charge in [-0.1, -0.05) is 23.7 Å². The molecular formula is C14H10ClF4NO. The Morgan fingerprint density at radius 3 is 2.33 bits per heavy atom. The lowest BCUT2D eigenvalue weighted by molar-refractivity contribution is -0.0498. The number of hydrogen-bond donors (Lipinski definition) is 1. The zero-order chi connectivity index (χ0) is 15.4. The maximum absolute atomic E-state index is 13.5. The summed E-state index contributed by atoms with van der Waals surface area (Å²) in [4.78, 5) is 0. The normalized spacial score (nSPS) is 10.8. The maximum Gasteiger partial charge on any atom is 0.387 e. The summed E-state index contributed by atoms with van der Waals surface area (Å²) < 4.78 is 54.6. The second-order valence-corrected chi connectivity index (χ2v) is 4.53. The zero-order valence-electron chi connectivity index (χ0n) is 10.5. The highest BCUT2D eigenvalue weighted by Gasteiger charge is 2.10. The smallest absolute Gasteiger partial charge is 0.387 e. The van der Waals surface area contributed by atoms with Crippen molar-refractivity contribution in [2.24, 2.45) is 0 Å². The third-order valence-electron chi connectivity index (χ3n) is 2.62. The molecule has 0 aliphatic carbocycles. The Kier molecular flexibility index (Phi) is 4.90. The van der Waals surface area contributed by atoms with Gasteiger partial charge in [0.2, 0.25) is 0 Å². The van der Waals surface area contributed by atoms with E-state index < -0.39 is 18.2 Å². The second kappa shape index (κ2) is 6.67. The molecule has 0 fully saturated rings. The predicted octanol–water partition coefficient (Wildman–Crippen LogP) is 4.83. The molecule has 1 N–H and O–H groups in total. The first-order valence-electron chi connectivity index (χ1n) is 5.88. The van der Waals surface area contributed by atoms with Crippen LogP contribution in [0.5, 0.6) is 5.75 Å². The van der Waals surface area contributed by atoms with Crippen LogP contribution in [0.3, 0.4) is 0 Å². The molecule has 0 unspecified atom stereocenters. The average molecular weight is 320 g/mol. The number of alkyl halides is 2. The van der Waals surface area contributed by atoms with Crippen LogP contribution < -0.4 is 10.1 Å². The molecular weight excluding hydrogens is 310 g/mol. The number of benzene rings is 2. The molecule has 112 valence electrons. The van der Waals surface area contributed by atoms with Crippen molar-refractivity contribution in [2.75, 3.05) is 5.32 Å². The summed E-state index contributed by atoms with van der Waals surface area (Å²) in [5.41, 5.74) is 0.669. The Hall–Kier alpha value is -1.95. The van der Waals surface area contributed by atoms with Crippen molar-refractivity contribution >= 4 is 17.3 Å². The van der Waals surface area contributed by atoms with E-state index in [1.54, 1.807) is 12.1 Å². The SMILES string of the molecule is Fc1cc(F)c(NCc2ccc(OC(F)F)cc2)c(Cl)c1. The highest BCUT2D eigenvalue weighted by Crippen LogP contribution is 2.27. The third-order valence-corrected chi connectivity index (χ3v) is 2.92. The van der Waals surface area contributed by atoms with Crippen LogP contribution in [0.2, 0.25) is 5.02 Å². The second-order valence-electron chi connectivity index (χ2n) is 4.12. The Bertz CT molecular complexity index is 596. The minimum Gasteiger partial charge on any atom is -0.435 e. The van der Waals surface area contributed by atoms with Gasteiger partial charge in [0.1, 0.15) is 11.6 Å². The van der Waals surface area contributed by atoms with Crippen LogP contribution in [-0.4, -0.2) is 6.61 Å². The molecule has 21 heavy (non-hydrogen) atoms. The van der Waals surface area contributed by atoms with Gasteiger partial charge in [0.05, 0.1) is 10.7 Å². The van der Waals surface area contributed by atoms with Gasteiger partial charge in [0.15, 0.2) is 5.82 Å². The molecule has 0 aliphatic rings. The number of hydrogen-bond acceptors (Lipinski definition) is 2. The lowest BCUT2D eigenvalue weighted by Crippen LogP contribution is -2.04. The summed E-state index contributed by atoms with van der Waals surface area (Å²) in [7, 11) is 0. The van der Waals surface area contributed by atoms with E-state index in [-0.39, 0.29) is 23.0 Å². The number of halogens is 5. The Balaban J connectivity index is 2.03. The summed E-state index contributed by atoms with van der Waals surface area (Å²) in [5, 5.41) is 2.64. The minimum atomic E-state index is -2.89. The Morgan fingerprint density at radius 2 is 1.76 bits per heavy atom. The highest BCUT2D eigenvalue weighted by molar-refractivity contribution is 6.33. The first-order valence-corrected chi connectivity index (χ1v) is 6.25. The van der Waals surface area contributed by atoms with E-state index in [1.165, 1.54) is 12.1 Å². The van der Waals surface area contributed by atoms with Crippen LogP contribution in [0.15, 0.2) is 36.4 Å². The monoisotopic (exact) mass is 319 g/mol. The molecule has 0 heterocycles. The van der Waals surface area contributed by atoms with Crippen molar-refractivity contribution in [1.82, 2.24) is 0 Å². The molecule has 0 saturated heterocycles. The molecule has 7 heteroatoms. The Labute approximate surface area is 123 Å². The summed E-state index contributed by atoms with van der Waals surface area (Å²) in [6.45, 7) is -2.70. The average Bonchev–Trinajstić information content (AvgIpc) is 2.38. The Morgan fingerprint density at radius 1 is 1.10 bits per heavy atom. The predicted molar refractivity (Wildman–Crippen MR) is 71.8 cm³/mol. The summed E-state index contributed by atoms with van der Waals surface area (Å²) in [6, 6.07) is 7.53. The fourth-order valence-corrected chi connectivity index (χ4v) is 1.95. The van der Waals surface area contributed by atoms with Crippen molar-refractivity contribution in [3.8, 4) is 5.75 Å². The molecule has 0 bridgehead atoms. The van der Waals surface area contributed by atoms with Crippen molar-refractivity contribution in [2.45, 2.75) is 13.2 Å². The first kappa shape index (κ1) is 15.4. The van der Waals surface area contributed by atoms with E-state index in [1.807, 2.05) is 0 Å². The van der Waals surface area contributed by atoms with Crippen molar-refractivity contribution in [1.29, 1.82) is 0 Å². The van der Waals surface area contributed by atoms with Crippen LogP contribution in [0.4, 0.5) is 23.2 Å². The molecule has 0 amide bonds. The van der Waals surface area contributed by atoms with Gasteiger partial charge >= 0.3 is 6.61 Å². The quantitative estimate of drug-likeness (QED) is 0.797. The van der Waals surface area contributed by atoms with Crippen LogP contribution in [0.25, 0.3) is 0 Å². The van der Waals surface area contributed by atoms with Crippen LogP contribution in [-0.2, 0) is 6.54 Å². The van der Waals surface area contributed by atoms with Crippen molar-refractivity contribution in [3.05, 3.63) is 58.6 Å². The minimum absolute atomic E-state index is 0.0222. The molecule has 2 aromatic carbocycles. The number of rotatable bonds is 5. The van der Waals surface area contributed by atoms with Crippen molar-refractivity contribution < 1.29 is 22.3 Å². The van der Waals surface area contributed by atoms with Gasteiger partial charge in [0.25, 0.3) is 0 Å². The molecule has 2 aromatic rings. The summed E-state index contributed by atoms with van der Waals surface area (Å²) >= 11 is 5.74. The van der Waals surface area contributed by atoms with Gasteiger partial charge in [-0.05, 0) is 23.8 Å². The molecule has 0 aliphatic heterocycles. The standard InChI is InChI=1S/C14H10ClF4NO/c15-11-5-9(16)6-12(17)13(11)20-7-8-1-3-10(4-2-8)21-14(18)19/h1-6,14,20H,7H2. The third kappa shape index (κ3) is 4.26. The first-order chi connectivity index (χ1) is 9.95. The van der Waals surface area contributed by atoms with E-state index in [4.69, 9.17) is 11.6 Å².